The number of aliphatic hydroxyl groups is 1. The number of hydrogen-bond acceptors (Lipinski definition) is 1. The summed E-state index contributed by atoms with van der Waals surface area (Å²) in [5.41, 5.74) is 2.87. The Morgan fingerprint density at radius 1 is 1.44 bits per heavy atom. The van der Waals surface area contributed by atoms with Gasteiger partial charge in [-0.15, -0.1) is 5.73 Å². The topological polar surface area (TPSA) is 20.2 Å². The predicted molar refractivity (Wildman–Crippen MR) is 47.9 cm³/mol. The van der Waals surface area contributed by atoms with Crippen LogP contribution in [-0.4, -0.2) is 16.1 Å². The van der Waals surface area contributed by atoms with E-state index in [4.69, 9.17) is 5.11 Å². The van der Waals surface area contributed by atoms with Crippen LogP contribution in [0.2, 0.25) is 0 Å². The number of aliphatic hydroxyl groups excluding tert-OH is 1. The summed E-state index contributed by atoms with van der Waals surface area (Å²) in [5.74, 6) is 0. The normalized spacial score (nSPS) is 8.22. The second-order valence-corrected chi connectivity index (χ2v) is 2.67. The van der Waals surface area contributed by atoms with Crippen molar-refractivity contribution in [3.05, 3.63) is 17.9 Å². The van der Waals surface area contributed by atoms with Gasteiger partial charge in [0.2, 0.25) is 0 Å². The highest BCUT2D eigenvalue weighted by molar-refractivity contribution is 14.1. The van der Waals surface area contributed by atoms with Gasteiger partial charge in [0.1, 0.15) is 0 Å². The Balaban J connectivity index is 3.13. The zero-order chi connectivity index (χ0) is 6.95. The lowest BCUT2D eigenvalue weighted by atomic mass is 10.3. The lowest BCUT2D eigenvalue weighted by molar-refractivity contribution is 0.343. The van der Waals surface area contributed by atoms with E-state index in [0.717, 1.165) is 6.42 Å². The molecule has 0 saturated heterocycles. The summed E-state index contributed by atoms with van der Waals surface area (Å²) in [6.07, 6.45) is 5.84. The number of alkyl halides is 1. The van der Waals surface area contributed by atoms with Gasteiger partial charge in [0, 0.05) is 0 Å². The van der Waals surface area contributed by atoms with Crippen LogP contribution in [0.1, 0.15) is 12.8 Å². The van der Waals surface area contributed by atoms with Gasteiger partial charge in [-0.05, 0) is 29.4 Å². The molecule has 0 aromatic heterocycles. The van der Waals surface area contributed by atoms with Crippen molar-refractivity contribution >= 4 is 22.6 Å². The lowest BCUT2D eigenvalue weighted by Crippen LogP contribution is -1.69. The van der Waals surface area contributed by atoms with Gasteiger partial charge in [-0.2, -0.15) is 0 Å². The Hall–Kier alpha value is 0.210. The van der Waals surface area contributed by atoms with E-state index in [1.54, 1.807) is 6.08 Å². The molecular formula is C7H11IO. The molecule has 0 aliphatic carbocycles. The van der Waals surface area contributed by atoms with E-state index in [0.29, 0.717) is 0 Å². The van der Waals surface area contributed by atoms with E-state index in [1.165, 1.54) is 10.8 Å². The van der Waals surface area contributed by atoms with Crippen LogP contribution < -0.4 is 0 Å². The summed E-state index contributed by atoms with van der Waals surface area (Å²) in [4.78, 5) is 0. The molecule has 0 heterocycles. The molecule has 0 aromatic rings. The molecule has 9 heavy (non-hydrogen) atoms. The Morgan fingerprint density at radius 3 is 2.78 bits per heavy atom. The fourth-order valence-corrected chi connectivity index (χ4v) is 0.839. The maximum absolute atomic E-state index is 8.28. The molecule has 0 fully saturated rings. The molecule has 0 rings (SSSR count). The average molecular weight is 238 g/mol. The summed E-state index contributed by atoms with van der Waals surface area (Å²) in [5, 5.41) is 8.28. The lowest BCUT2D eigenvalue weighted by Gasteiger charge is -1.81. The zero-order valence-corrected chi connectivity index (χ0v) is 7.47. The smallest absolute Gasteiger partial charge is 0.0686 e. The van der Waals surface area contributed by atoms with Crippen molar-refractivity contribution in [1.29, 1.82) is 0 Å². The van der Waals surface area contributed by atoms with E-state index < -0.39 is 0 Å². The van der Waals surface area contributed by atoms with Crippen LogP contribution in [0.4, 0.5) is 0 Å². The van der Waals surface area contributed by atoms with E-state index in [-0.39, 0.29) is 6.61 Å². The minimum atomic E-state index is 0.0980. The SMILES string of the molecule is OCC=C=CCCCI. The van der Waals surface area contributed by atoms with Crippen LogP contribution in [0, 0.1) is 0 Å². The summed E-state index contributed by atoms with van der Waals surface area (Å²) < 4.78 is 1.19. The van der Waals surface area contributed by atoms with E-state index >= 15 is 0 Å². The second-order valence-electron chi connectivity index (χ2n) is 1.59. The average Bonchev–Trinajstić information content (AvgIpc) is 1.89. The van der Waals surface area contributed by atoms with Crippen molar-refractivity contribution in [1.82, 2.24) is 0 Å². The molecule has 0 saturated carbocycles. The van der Waals surface area contributed by atoms with Gasteiger partial charge in [0.25, 0.3) is 0 Å². The van der Waals surface area contributed by atoms with Crippen LogP contribution in [0.25, 0.3) is 0 Å². The third-order valence-electron chi connectivity index (χ3n) is 0.809. The summed E-state index contributed by atoms with van der Waals surface area (Å²) in [7, 11) is 0. The maximum atomic E-state index is 8.28. The fraction of sp³-hybridized carbons (Fsp3) is 0.571. The van der Waals surface area contributed by atoms with Gasteiger partial charge >= 0.3 is 0 Å². The standard InChI is InChI=1S/C7H11IO/c8-6-4-2-1-3-5-7-9/h1,5,9H,2,4,6-7H2. The molecule has 1 nitrogen and oxygen atoms in total. The summed E-state index contributed by atoms with van der Waals surface area (Å²) >= 11 is 2.34. The van der Waals surface area contributed by atoms with Crippen LogP contribution >= 0.6 is 22.6 Å². The number of hydrogen-bond donors (Lipinski definition) is 1. The van der Waals surface area contributed by atoms with Crippen molar-refractivity contribution in [2.75, 3.05) is 11.0 Å². The van der Waals surface area contributed by atoms with Gasteiger partial charge in [0.05, 0.1) is 6.61 Å². The first-order valence-electron chi connectivity index (χ1n) is 2.98. The van der Waals surface area contributed by atoms with Gasteiger partial charge in [0.15, 0.2) is 0 Å². The quantitative estimate of drug-likeness (QED) is 0.343. The van der Waals surface area contributed by atoms with Gasteiger partial charge in [-0.25, -0.2) is 0 Å². The molecule has 52 valence electrons. The fourth-order valence-electron chi connectivity index (χ4n) is 0.399. The second kappa shape index (κ2) is 8.21. The Bertz CT molecular complexity index is 103. The van der Waals surface area contributed by atoms with Crippen LogP contribution in [0.5, 0.6) is 0 Å². The van der Waals surface area contributed by atoms with Crippen molar-refractivity contribution < 1.29 is 5.11 Å². The third-order valence-corrected chi connectivity index (χ3v) is 1.57. The minimum Gasteiger partial charge on any atom is -0.392 e. The highest BCUT2D eigenvalue weighted by Gasteiger charge is 1.75. The van der Waals surface area contributed by atoms with Crippen molar-refractivity contribution in [2.45, 2.75) is 12.8 Å². The maximum Gasteiger partial charge on any atom is 0.0686 e. The molecule has 0 spiro atoms. The number of halogens is 1. The van der Waals surface area contributed by atoms with Crippen LogP contribution in [0.15, 0.2) is 17.9 Å². The molecule has 0 aliphatic heterocycles. The predicted octanol–water partition coefficient (Wildman–Crippen LogP) is 1.91. The monoisotopic (exact) mass is 238 g/mol. The Morgan fingerprint density at radius 2 is 2.22 bits per heavy atom. The van der Waals surface area contributed by atoms with E-state index in [2.05, 4.69) is 28.3 Å². The summed E-state index contributed by atoms with van der Waals surface area (Å²) in [6, 6.07) is 0. The largest absolute Gasteiger partial charge is 0.392 e. The molecular weight excluding hydrogens is 227 g/mol. The zero-order valence-electron chi connectivity index (χ0n) is 5.31. The van der Waals surface area contributed by atoms with Crippen LogP contribution in [-0.2, 0) is 0 Å². The molecule has 0 unspecified atom stereocenters. The number of unbranched alkanes of at least 4 members (excludes halogenated alkanes) is 1. The molecule has 0 aliphatic rings. The van der Waals surface area contributed by atoms with Crippen LogP contribution in [0.3, 0.4) is 0 Å². The first-order valence-corrected chi connectivity index (χ1v) is 4.50. The molecule has 0 amide bonds. The van der Waals surface area contributed by atoms with Gasteiger partial charge in [-0.1, -0.05) is 22.6 Å². The summed E-state index contributed by atoms with van der Waals surface area (Å²) in [6.45, 7) is 0.0980. The van der Waals surface area contributed by atoms with E-state index in [9.17, 15) is 0 Å². The molecule has 0 aromatic carbocycles. The highest BCUT2D eigenvalue weighted by atomic mass is 127. The molecule has 0 bridgehead atoms. The Kier molecular flexibility index (Phi) is 8.40. The highest BCUT2D eigenvalue weighted by Crippen LogP contribution is 1.93. The van der Waals surface area contributed by atoms with Gasteiger partial charge < -0.3 is 5.11 Å². The first-order chi connectivity index (χ1) is 4.41. The van der Waals surface area contributed by atoms with Gasteiger partial charge in [-0.3, -0.25) is 0 Å². The molecule has 0 radical (unpaired) electrons. The molecule has 2 heteroatoms. The van der Waals surface area contributed by atoms with Crippen molar-refractivity contribution in [2.24, 2.45) is 0 Å². The molecule has 1 N–H and O–H groups in total. The van der Waals surface area contributed by atoms with Crippen molar-refractivity contribution in [3.63, 3.8) is 0 Å². The van der Waals surface area contributed by atoms with Crippen molar-refractivity contribution in [3.8, 4) is 0 Å². The minimum absolute atomic E-state index is 0.0980. The Labute approximate surface area is 69.6 Å². The third kappa shape index (κ3) is 8.21. The number of rotatable bonds is 4. The first kappa shape index (κ1) is 9.21. The van der Waals surface area contributed by atoms with E-state index in [1.807, 2.05) is 6.08 Å². The molecule has 0 atom stereocenters.